The van der Waals surface area contributed by atoms with Crippen molar-refractivity contribution in [2.45, 2.75) is 38.3 Å². The van der Waals surface area contributed by atoms with Gasteiger partial charge in [0.1, 0.15) is 17.4 Å². The predicted octanol–water partition coefficient (Wildman–Crippen LogP) is 3.84. The van der Waals surface area contributed by atoms with Crippen LogP contribution in [0.2, 0.25) is 5.02 Å². The fourth-order valence-electron chi connectivity index (χ4n) is 3.11. The molecule has 3 rings (SSSR count). The minimum absolute atomic E-state index is 0.0117. The van der Waals surface area contributed by atoms with Crippen molar-refractivity contribution in [1.29, 1.82) is 5.26 Å². The van der Waals surface area contributed by atoms with E-state index in [0.29, 0.717) is 37.8 Å². The molecule has 0 radical (unpaired) electrons. The molecule has 0 unspecified atom stereocenters. The highest BCUT2D eigenvalue weighted by atomic mass is 35.5. The Labute approximate surface area is 173 Å². The zero-order chi connectivity index (χ0) is 19.8. The molecule has 0 atom stereocenters. The van der Waals surface area contributed by atoms with Crippen molar-refractivity contribution >= 4 is 28.8 Å². The van der Waals surface area contributed by atoms with Crippen LogP contribution in [0.3, 0.4) is 0 Å². The third kappa shape index (κ3) is 5.93. The molecule has 28 heavy (non-hydrogen) atoms. The van der Waals surface area contributed by atoms with E-state index in [4.69, 9.17) is 26.3 Å². The summed E-state index contributed by atoms with van der Waals surface area (Å²) in [6, 6.07) is 9.43. The van der Waals surface area contributed by atoms with Gasteiger partial charge in [-0.2, -0.15) is 5.26 Å². The first kappa shape index (κ1) is 20.6. The molecule has 1 fully saturated rings. The lowest BCUT2D eigenvalue weighted by Gasteiger charge is -2.33. The number of amides is 1. The van der Waals surface area contributed by atoms with Crippen LogP contribution in [0.15, 0.2) is 29.6 Å². The summed E-state index contributed by atoms with van der Waals surface area (Å²) in [6.45, 7) is 2.11. The van der Waals surface area contributed by atoms with Crippen molar-refractivity contribution in [2.24, 2.45) is 0 Å². The number of benzene rings is 1. The molecular weight excluding hydrogens is 398 g/mol. The SMILES string of the molecule is N#CCCN(C(=O)Cc1csc(COc2ccc(Cl)cc2)n1)C1CCOCC1. The minimum atomic E-state index is 0.0117. The van der Waals surface area contributed by atoms with E-state index < -0.39 is 0 Å². The number of hydrogen-bond donors (Lipinski definition) is 0. The van der Waals surface area contributed by atoms with Gasteiger partial charge in [-0.25, -0.2) is 4.98 Å². The highest BCUT2D eigenvalue weighted by Crippen LogP contribution is 2.20. The van der Waals surface area contributed by atoms with Crippen LogP contribution in [-0.2, 0) is 22.6 Å². The molecule has 0 aliphatic carbocycles. The summed E-state index contributed by atoms with van der Waals surface area (Å²) in [5.41, 5.74) is 0.735. The second-order valence-electron chi connectivity index (χ2n) is 6.49. The average Bonchev–Trinajstić information content (AvgIpc) is 3.16. The Kier molecular flexibility index (Phi) is 7.66. The number of carbonyl (C=O) groups is 1. The third-order valence-electron chi connectivity index (χ3n) is 4.52. The quantitative estimate of drug-likeness (QED) is 0.649. The number of carbonyl (C=O) groups excluding carboxylic acids is 1. The molecule has 1 saturated heterocycles. The van der Waals surface area contributed by atoms with Gasteiger partial charge >= 0.3 is 0 Å². The van der Waals surface area contributed by atoms with E-state index in [2.05, 4.69) is 11.1 Å². The summed E-state index contributed by atoms with van der Waals surface area (Å²) in [5, 5.41) is 12.3. The van der Waals surface area contributed by atoms with Gasteiger partial charge in [-0.1, -0.05) is 11.6 Å². The topological polar surface area (TPSA) is 75.5 Å². The van der Waals surface area contributed by atoms with Crippen LogP contribution < -0.4 is 4.74 Å². The summed E-state index contributed by atoms with van der Waals surface area (Å²) >= 11 is 7.34. The Morgan fingerprint density at radius 3 is 2.82 bits per heavy atom. The summed E-state index contributed by atoms with van der Waals surface area (Å²) in [6.07, 6.45) is 2.20. The second kappa shape index (κ2) is 10.4. The molecule has 0 spiro atoms. The first-order valence-corrected chi connectivity index (χ1v) is 10.5. The maximum Gasteiger partial charge on any atom is 0.228 e. The van der Waals surface area contributed by atoms with Gasteiger partial charge in [0, 0.05) is 36.2 Å². The maximum absolute atomic E-state index is 12.8. The smallest absolute Gasteiger partial charge is 0.228 e. The van der Waals surface area contributed by atoms with Gasteiger partial charge < -0.3 is 14.4 Å². The molecule has 148 valence electrons. The van der Waals surface area contributed by atoms with Crippen LogP contribution in [0, 0.1) is 11.3 Å². The summed E-state index contributed by atoms with van der Waals surface area (Å²) < 4.78 is 11.1. The Morgan fingerprint density at radius 1 is 1.36 bits per heavy atom. The van der Waals surface area contributed by atoms with Crippen LogP contribution in [0.5, 0.6) is 5.75 Å². The molecule has 0 N–H and O–H groups in total. The van der Waals surface area contributed by atoms with E-state index in [9.17, 15) is 4.79 Å². The zero-order valence-electron chi connectivity index (χ0n) is 15.5. The summed E-state index contributed by atoms with van der Waals surface area (Å²) in [5.74, 6) is 0.733. The van der Waals surface area contributed by atoms with E-state index >= 15 is 0 Å². The van der Waals surface area contributed by atoms with Gasteiger partial charge in [0.25, 0.3) is 0 Å². The predicted molar refractivity (Wildman–Crippen MR) is 107 cm³/mol. The third-order valence-corrected chi connectivity index (χ3v) is 5.65. The largest absolute Gasteiger partial charge is 0.486 e. The van der Waals surface area contributed by atoms with Crippen molar-refractivity contribution < 1.29 is 14.3 Å². The molecule has 2 heterocycles. The van der Waals surface area contributed by atoms with Gasteiger partial charge in [-0.15, -0.1) is 11.3 Å². The molecule has 1 aromatic heterocycles. The Hall–Kier alpha value is -2.14. The van der Waals surface area contributed by atoms with Crippen LogP contribution in [0.4, 0.5) is 0 Å². The molecule has 1 aliphatic rings. The first-order valence-electron chi connectivity index (χ1n) is 9.21. The Bertz CT molecular complexity index is 813. The number of nitriles is 1. The molecule has 0 saturated carbocycles. The van der Waals surface area contributed by atoms with Gasteiger partial charge in [0.15, 0.2) is 0 Å². The maximum atomic E-state index is 12.8. The van der Waals surface area contributed by atoms with Crippen molar-refractivity contribution in [3.8, 4) is 11.8 Å². The van der Waals surface area contributed by atoms with E-state index in [-0.39, 0.29) is 18.4 Å². The normalized spacial score (nSPS) is 14.4. The number of rotatable bonds is 8. The van der Waals surface area contributed by atoms with Gasteiger partial charge in [-0.3, -0.25) is 4.79 Å². The standard InChI is InChI=1S/C20H22ClN3O3S/c21-15-2-4-18(5-3-15)27-13-19-23-16(14-28-19)12-20(25)24(9-1-8-22)17-6-10-26-11-7-17/h2-5,14,17H,1,6-7,9-13H2. The Balaban J connectivity index is 1.56. The van der Waals surface area contributed by atoms with Crippen LogP contribution in [0.25, 0.3) is 0 Å². The lowest BCUT2D eigenvalue weighted by atomic mass is 10.1. The molecule has 1 amide bonds. The average molecular weight is 420 g/mol. The zero-order valence-corrected chi connectivity index (χ0v) is 17.0. The van der Waals surface area contributed by atoms with E-state index in [1.807, 2.05) is 10.3 Å². The van der Waals surface area contributed by atoms with E-state index in [1.165, 1.54) is 11.3 Å². The first-order chi connectivity index (χ1) is 13.7. The number of halogens is 1. The molecule has 8 heteroatoms. The van der Waals surface area contributed by atoms with Crippen LogP contribution in [0.1, 0.15) is 30.0 Å². The van der Waals surface area contributed by atoms with E-state index in [1.54, 1.807) is 24.3 Å². The van der Waals surface area contributed by atoms with E-state index in [0.717, 1.165) is 29.3 Å². The number of aromatic nitrogens is 1. The monoisotopic (exact) mass is 419 g/mol. The van der Waals surface area contributed by atoms with Crippen molar-refractivity contribution in [1.82, 2.24) is 9.88 Å². The molecule has 0 bridgehead atoms. The van der Waals surface area contributed by atoms with Crippen LogP contribution >= 0.6 is 22.9 Å². The van der Waals surface area contributed by atoms with Gasteiger partial charge in [-0.05, 0) is 37.1 Å². The lowest BCUT2D eigenvalue weighted by Crippen LogP contribution is -2.44. The number of hydrogen-bond acceptors (Lipinski definition) is 6. The lowest BCUT2D eigenvalue weighted by molar-refractivity contribution is -0.134. The highest BCUT2D eigenvalue weighted by Gasteiger charge is 2.26. The second-order valence-corrected chi connectivity index (χ2v) is 7.87. The molecule has 2 aromatic rings. The van der Waals surface area contributed by atoms with Crippen LogP contribution in [-0.4, -0.2) is 41.6 Å². The summed E-state index contributed by atoms with van der Waals surface area (Å²) in [4.78, 5) is 19.2. The number of thiazole rings is 1. The highest BCUT2D eigenvalue weighted by molar-refractivity contribution is 7.09. The fourth-order valence-corrected chi connectivity index (χ4v) is 3.94. The van der Waals surface area contributed by atoms with Crippen molar-refractivity contribution in [3.63, 3.8) is 0 Å². The number of ether oxygens (including phenoxy) is 2. The Morgan fingerprint density at radius 2 is 2.11 bits per heavy atom. The van der Waals surface area contributed by atoms with Gasteiger partial charge in [0.05, 0.1) is 24.6 Å². The molecule has 6 nitrogen and oxygen atoms in total. The molecular formula is C20H22ClN3O3S. The van der Waals surface area contributed by atoms with Gasteiger partial charge in [0.2, 0.25) is 5.91 Å². The molecule has 1 aliphatic heterocycles. The fraction of sp³-hybridized carbons (Fsp3) is 0.450. The van der Waals surface area contributed by atoms with Crippen molar-refractivity contribution in [3.05, 3.63) is 45.4 Å². The molecule has 1 aromatic carbocycles. The minimum Gasteiger partial charge on any atom is -0.486 e. The summed E-state index contributed by atoms with van der Waals surface area (Å²) in [7, 11) is 0. The number of nitrogens with zero attached hydrogens (tertiary/aromatic N) is 3. The van der Waals surface area contributed by atoms with Crippen molar-refractivity contribution in [2.75, 3.05) is 19.8 Å².